The van der Waals surface area contributed by atoms with E-state index in [9.17, 15) is 0 Å². The summed E-state index contributed by atoms with van der Waals surface area (Å²) < 4.78 is 8.61. The normalized spacial score (nSPS) is 16.1. The molecule has 3 aromatic rings. The van der Waals surface area contributed by atoms with Crippen molar-refractivity contribution >= 4 is 34.2 Å². The van der Waals surface area contributed by atoms with Crippen molar-refractivity contribution in [3.05, 3.63) is 75.6 Å². The molecular weight excluding hydrogens is 415 g/mol. The maximum atomic E-state index is 5.53. The van der Waals surface area contributed by atoms with Crippen LogP contribution in [0.15, 0.2) is 60.9 Å². The topological polar surface area (TPSA) is 52.0 Å². The molecule has 0 amide bonds. The first-order valence-electron chi connectivity index (χ1n) is 7.53. The van der Waals surface area contributed by atoms with Gasteiger partial charge in [0.05, 0.1) is 7.11 Å². The molecule has 0 radical (unpaired) electrons. The van der Waals surface area contributed by atoms with Crippen molar-refractivity contribution in [1.29, 1.82) is 0 Å². The van der Waals surface area contributed by atoms with Crippen LogP contribution in [0.5, 0.6) is 5.75 Å². The molecule has 0 saturated heterocycles. The van der Waals surface area contributed by atoms with Crippen molar-refractivity contribution in [3.8, 4) is 5.75 Å². The molecule has 6 heteroatoms. The number of para-hydroxylation sites is 1. The maximum Gasteiger partial charge on any atom is 0.226 e. The highest BCUT2D eigenvalue weighted by molar-refractivity contribution is 14.1. The van der Waals surface area contributed by atoms with Gasteiger partial charge in [-0.25, -0.2) is 4.68 Å². The lowest BCUT2D eigenvalue weighted by atomic mass is 10.0. The number of halogens is 1. The van der Waals surface area contributed by atoms with Crippen LogP contribution in [0.25, 0.3) is 5.70 Å². The quantitative estimate of drug-likeness (QED) is 0.640. The van der Waals surface area contributed by atoms with E-state index in [4.69, 9.17) is 4.74 Å². The second kappa shape index (κ2) is 6.27. The lowest BCUT2D eigenvalue weighted by molar-refractivity contribution is 0.404. The zero-order valence-corrected chi connectivity index (χ0v) is 15.1. The van der Waals surface area contributed by atoms with Gasteiger partial charge in [-0.2, -0.15) is 10.1 Å². The van der Waals surface area contributed by atoms with Crippen LogP contribution in [-0.2, 0) is 0 Å². The Hall–Kier alpha value is -2.35. The standard InChI is InChI=1S/C18H15IN4O/c1-24-17-5-3-2-4-14(17)16-10-15(12-6-8-13(19)9-7-12)22-18-20-11-21-23(16)18/h2-11,16H,1H3,(H,20,21,22)/t16-/m0/s1. The number of anilines is 1. The number of methoxy groups -OCH3 is 1. The highest BCUT2D eigenvalue weighted by atomic mass is 127. The summed E-state index contributed by atoms with van der Waals surface area (Å²) in [4.78, 5) is 4.34. The van der Waals surface area contributed by atoms with E-state index in [2.05, 4.69) is 74.4 Å². The van der Waals surface area contributed by atoms with E-state index in [1.807, 2.05) is 22.9 Å². The van der Waals surface area contributed by atoms with Gasteiger partial charge >= 0.3 is 0 Å². The SMILES string of the molecule is COc1ccccc1[C@@H]1C=C(c2ccc(I)cc2)Nc2ncnn21. The van der Waals surface area contributed by atoms with Crippen LogP contribution in [-0.4, -0.2) is 21.9 Å². The average Bonchev–Trinajstić information content (AvgIpc) is 3.10. The molecule has 1 aromatic heterocycles. The molecule has 1 atom stereocenters. The van der Waals surface area contributed by atoms with Gasteiger partial charge in [-0.05, 0) is 52.4 Å². The van der Waals surface area contributed by atoms with Crippen molar-refractivity contribution in [1.82, 2.24) is 14.8 Å². The molecular formula is C18H15IN4O. The van der Waals surface area contributed by atoms with E-state index in [1.54, 1.807) is 13.4 Å². The van der Waals surface area contributed by atoms with Gasteiger partial charge in [0.25, 0.3) is 0 Å². The summed E-state index contributed by atoms with van der Waals surface area (Å²) in [6, 6.07) is 16.3. The fourth-order valence-corrected chi connectivity index (χ4v) is 3.22. The maximum absolute atomic E-state index is 5.53. The molecule has 1 aliphatic heterocycles. The van der Waals surface area contributed by atoms with Gasteiger partial charge in [0.2, 0.25) is 5.95 Å². The van der Waals surface area contributed by atoms with Crippen LogP contribution in [0, 0.1) is 3.57 Å². The number of allylic oxidation sites excluding steroid dienone is 1. The van der Waals surface area contributed by atoms with Crippen molar-refractivity contribution in [3.63, 3.8) is 0 Å². The van der Waals surface area contributed by atoms with E-state index in [0.29, 0.717) is 0 Å². The molecule has 4 rings (SSSR count). The predicted octanol–water partition coefficient (Wildman–Crippen LogP) is 3.95. The number of nitrogens with one attached hydrogen (secondary N) is 1. The van der Waals surface area contributed by atoms with Gasteiger partial charge in [-0.15, -0.1) is 0 Å². The molecule has 0 fully saturated rings. The average molecular weight is 430 g/mol. The molecule has 2 aromatic carbocycles. The monoisotopic (exact) mass is 430 g/mol. The summed E-state index contributed by atoms with van der Waals surface area (Å²) in [5.74, 6) is 1.56. The number of ether oxygens (including phenoxy) is 1. The number of fused-ring (bicyclic) bond motifs is 1. The summed E-state index contributed by atoms with van der Waals surface area (Å²) in [5.41, 5.74) is 3.18. The molecule has 24 heavy (non-hydrogen) atoms. The second-order valence-electron chi connectivity index (χ2n) is 5.43. The van der Waals surface area contributed by atoms with Crippen LogP contribution in [0.1, 0.15) is 17.2 Å². The first-order chi connectivity index (χ1) is 11.8. The van der Waals surface area contributed by atoms with E-state index in [1.165, 1.54) is 3.57 Å². The fraction of sp³-hybridized carbons (Fsp3) is 0.111. The molecule has 2 heterocycles. The molecule has 0 spiro atoms. The number of aromatic nitrogens is 3. The molecule has 1 N–H and O–H groups in total. The molecule has 0 saturated carbocycles. The van der Waals surface area contributed by atoms with Crippen molar-refractivity contribution in [2.45, 2.75) is 6.04 Å². The highest BCUT2D eigenvalue weighted by Gasteiger charge is 2.25. The third-order valence-corrected chi connectivity index (χ3v) is 4.74. The molecule has 1 aliphatic rings. The minimum atomic E-state index is -0.0748. The number of benzene rings is 2. The Bertz CT molecular complexity index is 901. The van der Waals surface area contributed by atoms with E-state index < -0.39 is 0 Å². The van der Waals surface area contributed by atoms with Gasteiger partial charge in [0.1, 0.15) is 18.1 Å². The second-order valence-corrected chi connectivity index (χ2v) is 6.67. The number of hydrogen-bond donors (Lipinski definition) is 1. The minimum absolute atomic E-state index is 0.0748. The Morgan fingerprint density at radius 2 is 1.92 bits per heavy atom. The zero-order valence-electron chi connectivity index (χ0n) is 13.0. The Kier molecular flexibility index (Phi) is 3.97. The van der Waals surface area contributed by atoms with E-state index in [0.717, 1.165) is 28.5 Å². The predicted molar refractivity (Wildman–Crippen MR) is 102 cm³/mol. The number of rotatable bonds is 3. The smallest absolute Gasteiger partial charge is 0.226 e. The third kappa shape index (κ3) is 2.66. The van der Waals surface area contributed by atoms with E-state index in [-0.39, 0.29) is 6.04 Å². The van der Waals surface area contributed by atoms with Crippen LogP contribution in [0.4, 0.5) is 5.95 Å². The van der Waals surface area contributed by atoms with Gasteiger partial charge in [0.15, 0.2) is 0 Å². The fourth-order valence-electron chi connectivity index (χ4n) is 2.86. The summed E-state index contributed by atoms with van der Waals surface area (Å²) in [6.07, 6.45) is 3.72. The highest BCUT2D eigenvalue weighted by Crippen LogP contribution is 2.35. The van der Waals surface area contributed by atoms with Crippen LogP contribution >= 0.6 is 22.6 Å². The molecule has 0 bridgehead atoms. The molecule has 0 unspecified atom stereocenters. The lowest BCUT2D eigenvalue weighted by Gasteiger charge is -2.25. The summed E-state index contributed by atoms with van der Waals surface area (Å²) in [5, 5.41) is 7.73. The lowest BCUT2D eigenvalue weighted by Crippen LogP contribution is -2.20. The van der Waals surface area contributed by atoms with Crippen molar-refractivity contribution in [2.24, 2.45) is 0 Å². The Morgan fingerprint density at radius 1 is 1.12 bits per heavy atom. The largest absolute Gasteiger partial charge is 0.496 e. The summed E-state index contributed by atoms with van der Waals surface area (Å²) in [7, 11) is 1.69. The van der Waals surface area contributed by atoms with Gasteiger partial charge in [-0.3, -0.25) is 0 Å². The third-order valence-electron chi connectivity index (χ3n) is 4.02. The van der Waals surface area contributed by atoms with Crippen LogP contribution in [0.2, 0.25) is 0 Å². The van der Waals surface area contributed by atoms with Gasteiger partial charge < -0.3 is 10.1 Å². The number of nitrogens with zero attached hydrogens (tertiary/aromatic N) is 3. The summed E-state index contributed by atoms with van der Waals surface area (Å²) in [6.45, 7) is 0. The Balaban J connectivity index is 1.83. The summed E-state index contributed by atoms with van der Waals surface area (Å²) >= 11 is 2.31. The molecule has 120 valence electrons. The van der Waals surface area contributed by atoms with Crippen LogP contribution in [0.3, 0.4) is 0 Å². The minimum Gasteiger partial charge on any atom is -0.496 e. The molecule has 0 aliphatic carbocycles. The Labute approximate surface area is 153 Å². The Morgan fingerprint density at radius 3 is 2.71 bits per heavy atom. The van der Waals surface area contributed by atoms with Gasteiger partial charge in [0, 0.05) is 14.8 Å². The van der Waals surface area contributed by atoms with Gasteiger partial charge in [-0.1, -0.05) is 30.3 Å². The molecule has 5 nitrogen and oxygen atoms in total. The van der Waals surface area contributed by atoms with Crippen molar-refractivity contribution < 1.29 is 4.74 Å². The first-order valence-corrected chi connectivity index (χ1v) is 8.61. The van der Waals surface area contributed by atoms with E-state index >= 15 is 0 Å². The van der Waals surface area contributed by atoms with Crippen LogP contribution < -0.4 is 10.1 Å². The van der Waals surface area contributed by atoms with Crippen molar-refractivity contribution in [2.75, 3.05) is 12.4 Å². The zero-order chi connectivity index (χ0) is 16.5. The first kappa shape index (κ1) is 15.2. The number of hydrogen-bond acceptors (Lipinski definition) is 4.